The minimum Gasteiger partial charge on any atom is -0.361 e. The maximum Gasteiger partial charge on any atom is 0.267 e. The van der Waals surface area contributed by atoms with E-state index in [1.165, 1.54) is 10.7 Å². The van der Waals surface area contributed by atoms with E-state index in [1.54, 1.807) is 13.0 Å². The minimum atomic E-state index is -0.700. The van der Waals surface area contributed by atoms with Gasteiger partial charge in [0.1, 0.15) is 6.04 Å². The highest BCUT2D eigenvalue weighted by atomic mass is 16.2. The average molecular weight is 386 g/mol. The molecule has 2 heterocycles. The Balaban J connectivity index is 1.44. The number of rotatable bonds is 6. The Labute approximate surface area is 168 Å². The molecule has 1 amide bonds. The SMILES string of the molecule is C[C@@H](C(=O)NCCc1c[nH]c2ccccc12)n1nc(-c2ccccc2)ccc1=O. The molecule has 0 bridgehead atoms. The van der Waals surface area contributed by atoms with Crippen molar-refractivity contribution in [3.05, 3.63) is 88.8 Å². The van der Waals surface area contributed by atoms with Crippen molar-refractivity contribution in [3.63, 3.8) is 0 Å². The number of benzene rings is 2. The van der Waals surface area contributed by atoms with E-state index < -0.39 is 6.04 Å². The van der Waals surface area contributed by atoms with Crippen molar-refractivity contribution in [1.29, 1.82) is 0 Å². The lowest BCUT2D eigenvalue weighted by molar-refractivity contribution is -0.124. The number of nitrogens with one attached hydrogen (secondary N) is 2. The fraction of sp³-hybridized carbons (Fsp3) is 0.174. The number of H-pyrrole nitrogens is 1. The standard InChI is InChI=1S/C23H22N4O2/c1-16(27-22(28)12-11-20(26-27)17-7-3-2-4-8-17)23(29)24-14-13-18-15-25-21-10-6-5-9-19(18)21/h2-12,15-16,25H,13-14H2,1H3,(H,24,29)/t16-/m0/s1. The van der Waals surface area contributed by atoms with E-state index in [2.05, 4.69) is 21.5 Å². The maximum atomic E-state index is 12.6. The van der Waals surface area contributed by atoms with Crippen LogP contribution in [0, 0.1) is 0 Å². The molecule has 0 aliphatic rings. The van der Waals surface area contributed by atoms with Gasteiger partial charge in [0.2, 0.25) is 5.91 Å². The number of para-hydroxylation sites is 1. The van der Waals surface area contributed by atoms with Gasteiger partial charge in [0.25, 0.3) is 5.56 Å². The quantitative estimate of drug-likeness (QED) is 0.534. The van der Waals surface area contributed by atoms with Gasteiger partial charge in [-0.3, -0.25) is 9.59 Å². The van der Waals surface area contributed by atoms with Crippen LogP contribution in [0.3, 0.4) is 0 Å². The summed E-state index contributed by atoms with van der Waals surface area (Å²) in [6.45, 7) is 2.17. The molecule has 0 saturated heterocycles. The Morgan fingerprint density at radius 1 is 1.07 bits per heavy atom. The summed E-state index contributed by atoms with van der Waals surface area (Å²) in [4.78, 5) is 28.1. The third-order valence-electron chi connectivity index (χ3n) is 5.01. The van der Waals surface area contributed by atoms with E-state index in [0.717, 1.165) is 22.0 Å². The highest BCUT2D eigenvalue weighted by Crippen LogP contribution is 2.18. The van der Waals surface area contributed by atoms with Crippen LogP contribution in [0.4, 0.5) is 0 Å². The van der Waals surface area contributed by atoms with Crippen LogP contribution in [0.1, 0.15) is 18.5 Å². The van der Waals surface area contributed by atoms with Crippen molar-refractivity contribution in [2.24, 2.45) is 0 Å². The molecule has 0 saturated carbocycles. The Morgan fingerprint density at radius 3 is 2.66 bits per heavy atom. The van der Waals surface area contributed by atoms with Crippen LogP contribution in [-0.4, -0.2) is 27.2 Å². The van der Waals surface area contributed by atoms with Gasteiger partial charge >= 0.3 is 0 Å². The first kappa shape index (κ1) is 18.7. The Morgan fingerprint density at radius 2 is 1.83 bits per heavy atom. The average Bonchev–Trinajstić information content (AvgIpc) is 3.17. The number of aromatic amines is 1. The normalized spacial score (nSPS) is 12.0. The van der Waals surface area contributed by atoms with Crippen molar-refractivity contribution < 1.29 is 4.79 Å². The summed E-state index contributed by atoms with van der Waals surface area (Å²) in [5, 5.41) is 8.47. The maximum absolute atomic E-state index is 12.6. The second-order valence-corrected chi connectivity index (χ2v) is 6.94. The van der Waals surface area contributed by atoms with Gasteiger partial charge in [0.05, 0.1) is 5.69 Å². The summed E-state index contributed by atoms with van der Waals surface area (Å²) < 4.78 is 1.24. The molecule has 6 nitrogen and oxygen atoms in total. The van der Waals surface area contributed by atoms with Gasteiger partial charge in [-0.1, -0.05) is 48.5 Å². The molecule has 1 atom stereocenters. The highest BCUT2D eigenvalue weighted by Gasteiger charge is 2.18. The first-order valence-corrected chi connectivity index (χ1v) is 9.61. The number of hydrogen-bond acceptors (Lipinski definition) is 3. The molecule has 0 fully saturated rings. The smallest absolute Gasteiger partial charge is 0.267 e. The third kappa shape index (κ3) is 3.96. The van der Waals surface area contributed by atoms with E-state index in [-0.39, 0.29) is 11.5 Å². The molecule has 0 aliphatic carbocycles. The molecule has 6 heteroatoms. The molecular weight excluding hydrogens is 364 g/mol. The Kier molecular flexibility index (Phi) is 5.24. The molecular formula is C23H22N4O2. The zero-order chi connectivity index (χ0) is 20.2. The number of amides is 1. The van der Waals surface area contributed by atoms with Crippen LogP contribution in [0.5, 0.6) is 0 Å². The number of carbonyl (C=O) groups excluding carboxylic acids is 1. The van der Waals surface area contributed by atoms with Gasteiger partial charge in [-0.25, -0.2) is 4.68 Å². The van der Waals surface area contributed by atoms with E-state index in [1.807, 2.05) is 54.7 Å². The summed E-state index contributed by atoms with van der Waals surface area (Å²) in [6, 6.07) is 20.1. The number of fused-ring (bicyclic) bond motifs is 1. The second-order valence-electron chi connectivity index (χ2n) is 6.94. The molecule has 0 spiro atoms. The Hall–Kier alpha value is -3.67. The summed E-state index contributed by atoms with van der Waals surface area (Å²) in [5.41, 5.74) is 3.48. The van der Waals surface area contributed by atoms with E-state index in [0.29, 0.717) is 18.7 Å². The van der Waals surface area contributed by atoms with Gasteiger partial charge < -0.3 is 10.3 Å². The van der Waals surface area contributed by atoms with Gasteiger partial charge in [0, 0.05) is 35.3 Å². The zero-order valence-electron chi connectivity index (χ0n) is 16.1. The molecule has 4 aromatic rings. The van der Waals surface area contributed by atoms with Crippen LogP contribution in [-0.2, 0) is 11.2 Å². The number of hydrogen-bond donors (Lipinski definition) is 2. The summed E-state index contributed by atoms with van der Waals surface area (Å²) in [7, 11) is 0. The fourth-order valence-corrected chi connectivity index (χ4v) is 3.38. The topological polar surface area (TPSA) is 79.8 Å². The minimum absolute atomic E-state index is 0.232. The molecule has 146 valence electrons. The molecule has 2 N–H and O–H groups in total. The number of carbonyl (C=O) groups is 1. The lowest BCUT2D eigenvalue weighted by Crippen LogP contribution is -2.37. The summed E-state index contributed by atoms with van der Waals surface area (Å²) in [5.74, 6) is -0.232. The Bertz CT molecular complexity index is 1190. The van der Waals surface area contributed by atoms with Gasteiger partial charge in [-0.15, -0.1) is 0 Å². The highest BCUT2D eigenvalue weighted by molar-refractivity contribution is 5.83. The zero-order valence-corrected chi connectivity index (χ0v) is 16.1. The van der Waals surface area contributed by atoms with E-state index in [9.17, 15) is 9.59 Å². The van der Waals surface area contributed by atoms with Crippen LogP contribution in [0.15, 0.2) is 77.7 Å². The van der Waals surface area contributed by atoms with Crippen molar-refractivity contribution >= 4 is 16.8 Å². The van der Waals surface area contributed by atoms with E-state index in [4.69, 9.17) is 0 Å². The van der Waals surface area contributed by atoms with Crippen LogP contribution >= 0.6 is 0 Å². The monoisotopic (exact) mass is 386 g/mol. The molecule has 2 aromatic heterocycles. The summed E-state index contributed by atoms with van der Waals surface area (Å²) >= 11 is 0. The van der Waals surface area contributed by atoms with Gasteiger partial charge in [-0.2, -0.15) is 5.10 Å². The lowest BCUT2D eigenvalue weighted by Gasteiger charge is -2.15. The number of nitrogens with zero attached hydrogens (tertiary/aromatic N) is 2. The van der Waals surface area contributed by atoms with Crippen LogP contribution in [0.2, 0.25) is 0 Å². The van der Waals surface area contributed by atoms with Crippen LogP contribution < -0.4 is 10.9 Å². The predicted octanol–water partition coefficient (Wildman–Crippen LogP) is 3.31. The van der Waals surface area contributed by atoms with Crippen LogP contribution in [0.25, 0.3) is 22.2 Å². The molecule has 0 unspecified atom stereocenters. The van der Waals surface area contributed by atoms with E-state index >= 15 is 0 Å². The van der Waals surface area contributed by atoms with Crippen molar-refractivity contribution in [1.82, 2.24) is 20.1 Å². The van der Waals surface area contributed by atoms with Gasteiger partial charge in [0.15, 0.2) is 0 Å². The molecule has 0 aliphatic heterocycles. The summed E-state index contributed by atoms with van der Waals surface area (Å²) in [6.07, 6.45) is 2.67. The molecule has 29 heavy (non-hydrogen) atoms. The fourth-order valence-electron chi connectivity index (χ4n) is 3.38. The van der Waals surface area contributed by atoms with Crippen molar-refractivity contribution in [2.45, 2.75) is 19.4 Å². The molecule has 4 rings (SSSR count). The molecule has 0 radical (unpaired) electrons. The second kappa shape index (κ2) is 8.14. The largest absolute Gasteiger partial charge is 0.361 e. The lowest BCUT2D eigenvalue weighted by atomic mass is 10.1. The van der Waals surface area contributed by atoms with Crippen molar-refractivity contribution in [3.8, 4) is 11.3 Å². The number of aromatic nitrogens is 3. The molecule has 2 aromatic carbocycles. The predicted molar refractivity (Wildman–Crippen MR) is 114 cm³/mol. The third-order valence-corrected chi connectivity index (χ3v) is 5.01. The van der Waals surface area contributed by atoms with Crippen molar-refractivity contribution in [2.75, 3.05) is 6.54 Å². The first-order chi connectivity index (χ1) is 14.1. The van der Waals surface area contributed by atoms with Gasteiger partial charge in [-0.05, 0) is 31.0 Å². The first-order valence-electron chi connectivity index (χ1n) is 9.61.